The van der Waals surface area contributed by atoms with Gasteiger partial charge in [-0.2, -0.15) is 13.2 Å². The molecule has 0 fully saturated rings. The summed E-state index contributed by atoms with van der Waals surface area (Å²) in [5, 5.41) is 2.77. The molecule has 1 aliphatic heterocycles. The molecule has 1 N–H and O–H groups in total. The SMILES string of the molecule is CC(C)(C)CCNC(=O)c1cc2c(o1)CN(C(=O)c1cc(F)ccc1C(F)(F)F)CC2. The van der Waals surface area contributed by atoms with E-state index in [1.165, 1.54) is 0 Å². The van der Waals surface area contributed by atoms with Crippen molar-refractivity contribution in [1.82, 2.24) is 10.2 Å². The number of benzene rings is 1. The van der Waals surface area contributed by atoms with Crippen LogP contribution in [0.25, 0.3) is 0 Å². The number of amides is 2. The fraction of sp³-hybridized carbons (Fsp3) is 0.455. The molecule has 168 valence electrons. The van der Waals surface area contributed by atoms with E-state index in [1.807, 2.05) is 0 Å². The molecule has 2 aromatic rings. The lowest BCUT2D eigenvalue weighted by molar-refractivity contribution is -0.138. The maximum atomic E-state index is 13.6. The van der Waals surface area contributed by atoms with Crippen LogP contribution in [0, 0.1) is 11.2 Å². The van der Waals surface area contributed by atoms with E-state index < -0.39 is 29.0 Å². The summed E-state index contributed by atoms with van der Waals surface area (Å²) >= 11 is 0. The Kier molecular flexibility index (Phi) is 6.16. The average Bonchev–Trinajstić information content (AvgIpc) is 3.08. The highest BCUT2D eigenvalue weighted by atomic mass is 19.4. The number of furan rings is 1. The molecule has 31 heavy (non-hydrogen) atoms. The third kappa shape index (κ3) is 5.45. The third-order valence-corrected chi connectivity index (χ3v) is 5.07. The molecule has 0 spiro atoms. The lowest BCUT2D eigenvalue weighted by Gasteiger charge is -2.27. The van der Waals surface area contributed by atoms with Crippen LogP contribution in [-0.4, -0.2) is 29.8 Å². The van der Waals surface area contributed by atoms with Crippen LogP contribution in [0.2, 0.25) is 0 Å². The molecule has 0 saturated heterocycles. The van der Waals surface area contributed by atoms with Gasteiger partial charge in [0.2, 0.25) is 0 Å². The van der Waals surface area contributed by atoms with Crippen LogP contribution in [0.4, 0.5) is 17.6 Å². The Balaban J connectivity index is 1.74. The minimum Gasteiger partial charge on any atom is -0.454 e. The number of nitrogens with zero attached hydrogens (tertiary/aromatic N) is 1. The lowest BCUT2D eigenvalue weighted by atomic mass is 9.92. The number of fused-ring (bicyclic) bond motifs is 1. The van der Waals surface area contributed by atoms with E-state index >= 15 is 0 Å². The molecule has 0 atom stereocenters. The van der Waals surface area contributed by atoms with Crippen LogP contribution in [0.5, 0.6) is 0 Å². The van der Waals surface area contributed by atoms with Crippen molar-refractivity contribution in [1.29, 1.82) is 0 Å². The summed E-state index contributed by atoms with van der Waals surface area (Å²) < 4.78 is 58.9. The molecule has 9 heteroatoms. The van der Waals surface area contributed by atoms with Gasteiger partial charge < -0.3 is 14.6 Å². The van der Waals surface area contributed by atoms with Crippen molar-refractivity contribution >= 4 is 11.8 Å². The van der Waals surface area contributed by atoms with Crippen LogP contribution >= 0.6 is 0 Å². The predicted molar refractivity (Wildman–Crippen MR) is 105 cm³/mol. The van der Waals surface area contributed by atoms with Crippen LogP contribution < -0.4 is 5.32 Å². The highest BCUT2D eigenvalue weighted by Gasteiger charge is 2.37. The van der Waals surface area contributed by atoms with Crippen molar-refractivity contribution in [2.45, 2.75) is 46.3 Å². The summed E-state index contributed by atoms with van der Waals surface area (Å²) in [4.78, 5) is 26.2. The molecule has 1 aliphatic rings. The van der Waals surface area contributed by atoms with Gasteiger partial charge in [-0.1, -0.05) is 20.8 Å². The fourth-order valence-corrected chi connectivity index (χ4v) is 3.35. The Morgan fingerprint density at radius 1 is 1.16 bits per heavy atom. The third-order valence-electron chi connectivity index (χ3n) is 5.07. The monoisotopic (exact) mass is 440 g/mol. The number of hydrogen-bond acceptors (Lipinski definition) is 3. The smallest absolute Gasteiger partial charge is 0.417 e. The van der Waals surface area contributed by atoms with Gasteiger partial charge in [0.15, 0.2) is 5.76 Å². The summed E-state index contributed by atoms with van der Waals surface area (Å²) in [6.45, 7) is 6.66. The number of hydrogen-bond donors (Lipinski definition) is 1. The van der Waals surface area contributed by atoms with Crippen molar-refractivity contribution in [2.24, 2.45) is 5.41 Å². The second-order valence-electron chi connectivity index (χ2n) is 8.79. The van der Waals surface area contributed by atoms with E-state index in [0.29, 0.717) is 36.9 Å². The highest BCUT2D eigenvalue weighted by molar-refractivity contribution is 5.96. The topological polar surface area (TPSA) is 62.6 Å². The second-order valence-corrected chi connectivity index (χ2v) is 8.79. The number of rotatable bonds is 4. The molecule has 2 heterocycles. The number of nitrogens with one attached hydrogen (secondary N) is 1. The molecule has 0 aliphatic carbocycles. The Labute approximate surface area is 177 Å². The van der Waals surface area contributed by atoms with E-state index in [0.717, 1.165) is 16.9 Å². The predicted octanol–water partition coefficient (Wildman–Crippen LogP) is 4.80. The quantitative estimate of drug-likeness (QED) is 0.695. The Bertz CT molecular complexity index is 990. The van der Waals surface area contributed by atoms with Gasteiger partial charge in [0.05, 0.1) is 17.7 Å². The largest absolute Gasteiger partial charge is 0.454 e. The van der Waals surface area contributed by atoms with Gasteiger partial charge in [-0.25, -0.2) is 4.39 Å². The zero-order valence-corrected chi connectivity index (χ0v) is 17.5. The molecule has 5 nitrogen and oxygen atoms in total. The van der Waals surface area contributed by atoms with E-state index in [9.17, 15) is 27.2 Å². The summed E-state index contributed by atoms with van der Waals surface area (Å²) in [5.41, 5.74) is -1.16. The molecule has 1 aromatic heterocycles. The highest BCUT2D eigenvalue weighted by Crippen LogP contribution is 2.34. The maximum absolute atomic E-state index is 13.6. The molecule has 1 aromatic carbocycles. The standard InChI is InChI=1S/C22H24F4N2O3/c1-21(2,3)7-8-27-19(29)17-10-13-6-9-28(12-18(13)31-17)20(30)15-11-14(23)4-5-16(15)22(24,25)26/h4-5,10-11H,6-9,12H2,1-3H3,(H,27,29). The summed E-state index contributed by atoms with van der Waals surface area (Å²) in [7, 11) is 0. The van der Waals surface area contributed by atoms with E-state index in [2.05, 4.69) is 26.1 Å². The first-order valence-corrected chi connectivity index (χ1v) is 9.91. The van der Waals surface area contributed by atoms with Gasteiger partial charge in [-0.3, -0.25) is 9.59 Å². The first-order valence-electron chi connectivity index (χ1n) is 9.91. The minimum atomic E-state index is -4.79. The molecule has 0 unspecified atom stereocenters. The Hall–Kier alpha value is -2.84. The van der Waals surface area contributed by atoms with E-state index in [4.69, 9.17) is 4.42 Å². The van der Waals surface area contributed by atoms with Crippen molar-refractivity contribution in [3.05, 3.63) is 58.3 Å². The van der Waals surface area contributed by atoms with E-state index in [1.54, 1.807) is 6.07 Å². The van der Waals surface area contributed by atoms with Gasteiger partial charge in [0.25, 0.3) is 11.8 Å². The zero-order valence-electron chi connectivity index (χ0n) is 17.5. The van der Waals surface area contributed by atoms with Crippen molar-refractivity contribution in [2.75, 3.05) is 13.1 Å². The van der Waals surface area contributed by atoms with Crippen LogP contribution in [0.3, 0.4) is 0 Å². The molecule has 0 saturated carbocycles. The molecule has 0 radical (unpaired) electrons. The van der Waals surface area contributed by atoms with Gasteiger partial charge in [-0.05, 0) is 48.1 Å². The fourth-order valence-electron chi connectivity index (χ4n) is 3.35. The second kappa shape index (κ2) is 8.36. The van der Waals surface area contributed by atoms with Crippen LogP contribution in [-0.2, 0) is 19.1 Å². The number of halogens is 4. The van der Waals surface area contributed by atoms with Gasteiger partial charge in [-0.15, -0.1) is 0 Å². The van der Waals surface area contributed by atoms with Crippen molar-refractivity contribution in [3.8, 4) is 0 Å². The van der Waals surface area contributed by atoms with Crippen molar-refractivity contribution in [3.63, 3.8) is 0 Å². The Morgan fingerprint density at radius 2 is 1.87 bits per heavy atom. The van der Waals surface area contributed by atoms with Gasteiger partial charge >= 0.3 is 6.18 Å². The maximum Gasteiger partial charge on any atom is 0.417 e. The summed E-state index contributed by atoms with van der Waals surface area (Å²) in [6.07, 6.45) is -3.70. The first-order chi connectivity index (χ1) is 14.3. The number of carbonyl (C=O) groups is 2. The minimum absolute atomic E-state index is 0.0583. The lowest BCUT2D eigenvalue weighted by Crippen LogP contribution is -2.36. The number of carbonyl (C=O) groups excluding carboxylic acids is 2. The number of alkyl halides is 3. The molecule has 0 bridgehead atoms. The molecule has 3 rings (SSSR count). The molecule has 2 amide bonds. The first kappa shape index (κ1) is 22.8. The summed E-state index contributed by atoms with van der Waals surface area (Å²) in [6, 6.07) is 3.42. The molecular formula is C22H24F4N2O3. The average molecular weight is 440 g/mol. The van der Waals surface area contributed by atoms with Gasteiger partial charge in [0, 0.05) is 13.1 Å². The zero-order chi connectivity index (χ0) is 23.0. The normalized spacial score (nSPS) is 14.4. The van der Waals surface area contributed by atoms with Crippen molar-refractivity contribution < 1.29 is 31.6 Å². The molecular weight excluding hydrogens is 416 g/mol. The van der Waals surface area contributed by atoms with E-state index in [-0.39, 0.29) is 30.2 Å². The van der Waals surface area contributed by atoms with Crippen LogP contribution in [0.15, 0.2) is 28.7 Å². The van der Waals surface area contributed by atoms with Crippen LogP contribution in [0.1, 0.15) is 65.0 Å². The Morgan fingerprint density at radius 3 is 2.52 bits per heavy atom. The summed E-state index contributed by atoms with van der Waals surface area (Å²) in [5.74, 6) is -1.83. The van der Waals surface area contributed by atoms with Gasteiger partial charge in [0.1, 0.15) is 11.6 Å².